The largest absolute Gasteiger partial charge is 0.491 e. The van der Waals surface area contributed by atoms with Crippen molar-refractivity contribution in [3.05, 3.63) is 36.2 Å². The number of rotatable bonds is 7. The minimum atomic E-state index is -0.916. The molecule has 0 radical (unpaired) electrons. The van der Waals surface area contributed by atoms with Gasteiger partial charge in [-0.15, -0.1) is 0 Å². The maximum absolute atomic E-state index is 10.8. The minimum absolute atomic E-state index is 0.105. The van der Waals surface area contributed by atoms with Crippen LogP contribution in [-0.4, -0.2) is 28.2 Å². The molecule has 0 bridgehead atoms. The normalized spacial score (nSPS) is 13.3. The molecule has 26 heavy (non-hydrogen) atoms. The summed E-state index contributed by atoms with van der Waals surface area (Å²) in [5.41, 5.74) is 13.4. The number of primary amides is 1. The molecule has 0 spiro atoms. The third-order valence-corrected chi connectivity index (χ3v) is 3.75. The fourth-order valence-corrected chi connectivity index (χ4v) is 2.86. The van der Waals surface area contributed by atoms with Crippen LogP contribution in [0.1, 0.15) is 32.8 Å². The molecule has 7 nitrogen and oxygen atoms in total. The molecule has 0 unspecified atom stereocenters. The van der Waals surface area contributed by atoms with Gasteiger partial charge in [0.25, 0.3) is 0 Å². The summed E-state index contributed by atoms with van der Waals surface area (Å²) in [6, 6.07) is 7.27. The standard InChI is InChI=1S/C19H26N4O3/c1-12(2)9-19(4,21)10-25-16-6-5-14(7-13(16)3)15-8-17(23-11-22-15)26-18(20)24/h5-8,11-12H,9-10,21H2,1-4H3,(H2,20,24)/t19-/m0/s1. The Hall–Kier alpha value is -2.67. The van der Waals surface area contributed by atoms with E-state index in [2.05, 4.69) is 23.8 Å². The number of aryl methyl sites for hydroxylation is 1. The lowest BCUT2D eigenvalue weighted by atomic mass is 9.93. The summed E-state index contributed by atoms with van der Waals surface area (Å²) in [6.07, 6.45) is 1.29. The first-order chi connectivity index (χ1) is 12.2. The molecule has 140 valence electrons. The predicted molar refractivity (Wildman–Crippen MR) is 100.0 cm³/mol. The fourth-order valence-electron chi connectivity index (χ4n) is 2.86. The summed E-state index contributed by atoms with van der Waals surface area (Å²) >= 11 is 0. The van der Waals surface area contributed by atoms with E-state index in [0.717, 1.165) is 23.3 Å². The van der Waals surface area contributed by atoms with Crippen molar-refractivity contribution in [1.82, 2.24) is 9.97 Å². The highest BCUT2D eigenvalue weighted by molar-refractivity contribution is 5.68. The molecule has 0 fully saturated rings. The van der Waals surface area contributed by atoms with Crippen LogP contribution >= 0.6 is 0 Å². The quantitative estimate of drug-likeness (QED) is 0.786. The molecule has 2 rings (SSSR count). The van der Waals surface area contributed by atoms with Crippen molar-refractivity contribution in [3.8, 4) is 22.9 Å². The van der Waals surface area contributed by atoms with Gasteiger partial charge < -0.3 is 20.9 Å². The molecule has 1 amide bonds. The van der Waals surface area contributed by atoms with Gasteiger partial charge in [0.05, 0.1) is 5.69 Å². The van der Waals surface area contributed by atoms with E-state index in [1.165, 1.54) is 6.33 Å². The summed E-state index contributed by atoms with van der Waals surface area (Å²) in [5.74, 6) is 1.39. The van der Waals surface area contributed by atoms with Gasteiger partial charge in [-0.2, -0.15) is 0 Å². The molecule has 0 aliphatic carbocycles. The first kappa shape index (κ1) is 19.7. The van der Waals surface area contributed by atoms with Crippen LogP contribution in [0.15, 0.2) is 30.6 Å². The third kappa shape index (κ3) is 5.70. The highest BCUT2D eigenvalue weighted by atomic mass is 16.6. The van der Waals surface area contributed by atoms with Crippen LogP contribution in [-0.2, 0) is 0 Å². The Balaban J connectivity index is 2.13. The number of benzene rings is 1. The van der Waals surface area contributed by atoms with Crippen LogP contribution in [0.5, 0.6) is 11.6 Å². The summed E-state index contributed by atoms with van der Waals surface area (Å²) in [4.78, 5) is 18.9. The third-order valence-electron chi connectivity index (χ3n) is 3.75. The number of nitrogens with zero attached hydrogens (tertiary/aromatic N) is 2. The second-order valence-corrected chi connectivity index (χ2v) is 7.18. The summed E-state index contributed by atoms with van der Waals surface area (Å²) in [7, 11) is 0. The molecule has 0 aliphatic rings. The molecule has 4 N–H and O–H groups in total. The Bertz CT molecular complexity index is 775. The lowest BCUT2D eigenvalue weighted by Gasteiger charge is -2.27. The van der Waals surface area contributed by atoms with Crippen LogP contribution < -0.4 is 20.9 Å². The Morgan fingerprint density at radius 3 is 2.62 bits per heavy atom. The molecular weight excluding hydrogens is 332 g/mol. The van der Waals surface area contributed by atoms with Crippen molar-refractivity contribution >= 4 is 6.09 Å². The highest BCUT2D eigenvalue weighted by Gasteiger charge is 2.21. The van der Waals surface area contributed by atoms with Crippen LogP contribution in [0.25, 0.3) is 11.3 Å². The average Bonchev–Trinajstić information content (AvgIpc) is 2.52. The van der Waals surface area contributed by atoms with Gasteiger partial charge in [-0.3, -0.25) is 0 Å². The molecule has 1 heterocycles. The van der Waals surface area contributed by atoms with Crippen LogP contribution in [0, 0.1) is 12.8 Å². The Morgan fingerprint density at radius 1 is 1.27 bits per heavy atom. The molecule has 1 atom stereocenters. The Morgan fingerprint density at radius 2 is 2.00 bits per heavy atom. The zero-order valence-corrected chi connectivity index (χ0v) is 15.7. The number of carbonyl (C=O) groups is 1. The maximum Gasteiger partial charge on any atom is 0.411 e. The highest BCUT2D eigenvalue weighted by Crippen LogP contribution is 2.27. The molecule has 0 aliphatic heterocycles. The van der Waals surface area contributed by atoms with E-state index >= 15 is 0 Å². The minimum Gasteiger partial charge on any atom is -0.491 e. The molecule has 1 aromatic heterocycles. The monoisotopic (exact) mass is 358 g/mol. The van der Waals surface area contributed by atoms with E-state index in [-0.39, 0.29) is 11.4 Å². The van der Waals surface area contributed by atoms with Crippen LogP contribution in [0.4, 0.5) is 4.79 Å². The molecule has 0 saturated carbocycles. The number of aromatic nitrogens is 2. The van der Waals surface area contributed by atoms with Crippen molar-refractivity contribution in [2.45, 2.75) is 39.7 Å². The van der Waals surface area contributed by atoms with Gasteiger partial charge in [0, 0.05) is 17.2 Å². The summed E-state index contributed by atoms with van der Waals surface area (Å²) < 4.78 is 10.7. The van der Waals surface area contributed by atoms with Crippen LogP contribution in [0.3, 0.4) is 0 Å². The molecule has 0 saturated heterocycles. The van der Waals surface area contributed by atoms with E-state index in [1.54, 1.807) is 6.07 Å². The van der Waals surface area contributed by atoms with Crippen molar-refractivity contribution in [3.63, 3.8) is 0 Å². The maximum atomic E-state index is 10.8. The average molecular weight is 358 g/mol. The van der Waals surface area contributed by atoms with Crippen molar-refractivity contribution in [2.24, 2.45) is 17.4 Å². The predicted octanol–water partition coefficient (Wildman–Crippen LogP) is 3.05. The van der Waals surface area contributed by atoms with E-state index < -0.39 is 6.09 Å². The zero-order chi connectivity index (χ0) is 19.3. The van der Waals surface area contributed by atoms with Crippen molar-refractivity contribution in [2.75, 3.05) is 6.61 Å². The number of hydrogen-bond acceptors (Lipinski definition) is 6. The first-order valence-electron chi connectivity index (χ1n) is 8.48. The van der Waals surface area contributed by atoms with Gasteiger partial charge in [-0.05, 0) is 49.9 Å². The lowest BCUT2D eigenvalue weighted by Crippen LogP contribution is -2.43. The topological polar surface area (TPSA) is 113 Å². The van der Waals surface area contributed by atoms with E-state index in [0.29, 0.717) is 18.2 Å². The van der Waals surface area contributed by atoms with Gasteiger partial charge in [-0.25, -0.2) is 14.8 Å². The summed E-state index contributed by atoms with van der Waals surface area (Å²) in [6.45, 7) is 8.68. The molecule has 1 aromatic carbocycles. The number of carbonyl (C=O) groups excluding carboxylic acids is 1. The van der Waals surface area contributed by atoms with Gasteiger partial charge in [0.15, 0.2) is 0 Å². The second kappa shape index (κ2) is 8.14. The number of hydrogen-bond donors (Lipinski definition) is 2. The number of ether oxygens (including phenoxy) is 2. The fraction of sp³-hybridized carbons (Fsp3) is 0.421. The van der Waals surface area contributed by atoms with Crippen LogP contribution in [0.2, 0.25) is 0 Å². The second-order valence-electron chi connectivity index (χ2n) is 7.18. The van der Waals surface area contributed by atoms with Gasteiger partial charge >= 0.3 is 6.09 Å². The smallest absolute Gasteiger partial charge is 0.411 e. The number of nitrogens with two attached hydrogens (primary N) is 2. The molecular formula is C19H26N4O3. The Kier molecular flexibility index (Phi) is 6.15. The van der Waals surface area contributed by atoms with Crippen molar-refractivity contribution in [1.29, 1.82) is 0 Å². The molecule has 7 heteroatoms. The van der Waals surface area contributed by atoms with Gasteiger partial charge in [0.2, 0.25) is 5.88 Å². The van der Waals surface area contributed by atoms with Gasteiger partial charge in [-0.1, -0.05) is 13.8 Å². The van der Waals surface area contributed by atoms with E-state index in [4.69, 9.17) is 20.9 Å². The van der Waals surface area contributed by atoms with Crippen molar-refractivity contribution < 1.29 is 14.3 Å². The summed E-state index contributed by atoms with van der Waals surface area (Å²) in [5, 5.41) is 0. The zero-order valence-electron chi connectivity index (χ0n) is 15.7. The lowest BCUT2D eigenvalue weighted by molar-refractivity contribution is 0.206. The number of amides is 1. The van der Waals surface area contributed by atoms with E-state index in [9.17, 15) is 4.79 Å². The Labute approximate surface area is 153 Å². The molecule has 2 aromatic rings. The van der Waals surface area contributed by atoms with Gasteiger partial charge in [0.1, 0.15) is 18.7 Å². The first-order valence-corrected chi connectivity index (χ1v) is 8.48. The van der Waals surface area contributed by atoms with E-state index in [1.807, 2.05) is 32.0 Å². The SMILES string of the molecule is Cc1cc(-c2cc(OC(N)=O)ncn2)ccc1OC[C@@](C)(N)CC(C)C.